The summed E-state index contributed by atoms with van der Waals surface area (Å²) in [4.78, 5) is 11.4. The van der Waals surface area contributed by atoms with Crippen molar-refractivity contribution in [2.45, 2.75) is 6.61 Å². The number of amides is 1. The van der Waals surface area contributed by atoms with Gasteiger partial charge in [0.15, 0.2) is 0 Å². The third kappa shape index (κ3) is 11.8. The van der Waals surface area contributed by atoms with Gasteiger partial charge in [-0.2, -0.15) is 0 Å². The lowest BCUT2D eigenvalue weighted by atomic mass is 10.2. The predicted molar refractivity (Wildman–Crippen MR) is 87.8 cm³/mol. The van der Waals surface area contributed by atoms with Crippen molar-refractivity contribution >= 4 is 17.7 Å². The Balaban J connectivity index is 1.84. The Labute approximate surface area is 142 Å². The molecule has 0 aliphatic heterocycles. The number of hydrogen-bond donors (Lipinski definition) is 1. The molecular weight excluding hydrogens is 322 g/mol. The third-order valence-electron chi connectivity index (χ3n) is 2.69. The molecule has 0 aliphatic carbocycles. The molecule has 1 rings (SSSR count). The summed E-state index contributed by atoms with van der Waals surface area (Å²) in [6.07, 6.45) is -0.454. The summed E-state index contributed by atoms with van der Waals surface area (Å²) in [6, 6.07) is 9.51. The second-order valence-electron chi connectivity index (χ2n) is 4.51. The van der Waals surface area contributed by atoms with Crippen LogP contribution in [0.4, 0.5) is 4.79 Å². The average molecular weight is 346 g/mol. The minimum Gasteiger partial charge on any atom is -0.445 e. The fourth-order valence-electron chi connectivity index (χ4n) is 1.60. The van der Waals surface area contributed by atoms with Crippen LogP contribution in [0.25, 0.3) is 0 Å². The normalized spacial score (nSPS) is 10.5. The summed E-state index contributed by atoms with van der Waals surface area (Å²) in [5, 5.41) is 2.62. The fraction of sp³-hybridized carbons (Fsp3) is 0.562. The maximum atomic E-state index is 11.4. The van der Waals surface area contributed by atoms with Crippen LogP contribution in [0.15, 0.2) is 30.3 Å². The first-order valence-electron chi connectivity index (χ1n) is 7.56. The van der Waals surface area contributed by atoms with Gasteiger partial charge in [-0.1, -0.05) is 30.3 Å². The molecule has 7 heteroatoms. The molecule has 0 atom stereocenters. The first kappa shape index (κ1) is 19.7. The minimum absolute atomic E-state index is 0.257. The van der Waals surface area contributed by atoms with E-state index in [9.17, 15) is 4.79 Å². The Morgan fingerprint density at radius 2 is 1.52 bits per heavy atom. The molecular formula is C16H24ClNO5. The standard InChI is InChI=1S/C16H24ClNO5/c17-6-8-20-10-12-22-13-11-21-9-7-18-16(19)23-14-15-4-2-1-3-5-15/h1-5H,6-14H2,(H,18,19). The molecule has 0 fully saturated rings. The van der Waals surface area contributed by atoms with Gasteiger partial charge in [0.1, 0.15) is 6.61 Å². The molecule has 0 aliphatic rings. The van der Waals surface area contributed by atoms with Crippen LogP contribution in [-0.4, -0.2) is 58.2 Å². The molecule has 0 saturated heterocycles. The van der Waals surface area contributed by atoms with Crippen molar-refractivity contribution in [3.05, 3.63) is 35.9 Å². The molecule has 0 unspecified atom stereocenters. The van der Waals surface area contributed by atoms with Gasteiger partial charge in [-0.05, 0) is 5.56 Å². The number of alkyl carbamates (subject to hydrolysis) is 1. The second-order valence-corrected chi connectivity index (χ2v) is 4.89. The number of alkyl halides is 1. The Morgan fingerprint density at radius 3 is 2.17 bits per heavy atom. The van der Waals surface area contributed by atoms with Gasteiger partial charge >= 0.3 is 6.09 Å². The maximum Gasteiger partial charge on any atom is 0.407 e. The molecule has 0 saturated carbocycles. The molecule has 23 heavy (non-hydrogen) atoms. The summed E-state index contributed by atoms with van der Waals surface area (Å²) >= 11 is 5.46. The van der Waals surface area contributed by atoms with Gasteiger partial charge in [0.05, 0.1) is 39.6 Å². The van der Waals surface area contributed by atoms with E-state index in [0.29, 0.717) is 52.1 Å². The highest BCUT2D eigenvalue weighted by molar-refractivity contribution is 6.17. The van der Waals surface area contributed by atoms with E-state index in [1.54, 1.807) is 0 Å². The first-order valence-corrected chi connectivity index (χ1v) is 8.10. The van der Waals surface area contributed by atoms with Crippen LogP contribution in [0.3, 0.4) is 0 Å². The number of carbonyl (C=O) groups is 1. The SMILES string of the molecule is O=C(NCCOCCOCCOCCCl)OCc1ccccc1. The lowest BCUT2D eigenvalue weighted by Gasteiger charge is -2.08. The average Bonchev–Trinajstić information content (AvgIpc) is 2.59. The molecule has 0 spiro atoms. The van der Waals surface area contributed by atoms with E-state index in [1.807, 2.05) is 30.3 Å². The quantitative estimate of drug-likeness (QED) is 0.438. The number of benzene rings is 1. The predicted octanol–water partition coefficient (Wildman–Crippen LogP) is 2.20. The molecule has 1 aromatic carbocycles. The van der Waals surface area contributed by atoms with Gasteiger partial charge in [-0.15, -0.1) is 11.6 Å². The van der Waals surface area contributed by atoms with Crippen LogP contribution in [-0.2, 0) is 25.6 Å². The van der Waals surface area contributed by atoms with Crippen molar-refractivity contribution in [3.8, 4) is 0 Å². The van der Waals surface area contributed by atoms with Gasteiger partial charge in [-0.25, -0.2) is 4.79 Å². The Bertz CT molecular complexity index is 405. The number of hydrogen-bond acceptors (Lipinski definition) is 5. The number of nitrogens with one attached hydrogen (secondary N) is 1. The highest BCUT2D eigenvalue weighted by Crippen LogP contribution is 2.00. The molecule has 0 radical (unpaired) electrons. The minimum atomic E-state index is -0.454. The zero-order valence-corrected chi connectivity index (χ0v) is 13.9. The second kappa shape index (κ2) is 14.3. The lowest BCUT2D eigenvalue weighted by Crippen LogP contribution is -2.28. The van der Waals surface area contributed by atoms with Crippen LogP contribution in [0.1, 0.15) is 5.56 Å². The summed E-state index contributed by atoms with van der Waals surface area (Å²) in [6.45, 7) is 3.60. The molecule has 130 valence electrons. The molecule has 6 nitrogen and oxygen atoms in total. The van der Waals surface area contributed by atoms with Crippen LogP contribution in [0.5, 0.6) is 0 Å². The van der Waals surface area contributed by atoms with E-state index < -0.39 is 6.09 Å². The summed E-state index contributed by atoms with van der Waals surface area (Å²) in [7, 11) is 0. The largest absolute Gasteiger partial charge is 0.445 e. The zero-order valence-electron chi connectivity index (χ0n) is 13.2. The summed E-state index contributed by atoms with van der Waals surface area (Å²) in [5.74, 6) is 0.490. The Morgan fingerprint density at radius 1 is 0.913 bits per heavy atom. The van der Waals surface area contributed by atoms with Gasteiger partial charge in [0.25, 0.3) is 0 Å². The molecule has 0 heterocycles. The van der Waals surface area contributed by atoms with Crippen LogP contribution >= 0.6 is 11.6 Å². The van der Waals surface area contributed by atoms with Crippen LogP contribution in [0.2, 0.25) is 0 Å². The van der Waals surface area contributed by atoms with Gasteiger partial charge in [-0.3, -0.25) is 0 Å². The van der Waals surface area contributed by atoms with Crippen molar-refractivity contribution in [2.24, 2.45) is 0 Å². The number of carbonyl (C=O) groups excluding carboxylic acids is 1. The van der Waals surface area contributed by atoms with Crippen molar-refractivity contribution in [1.82, 2.24) is 5.32 Å². The number of halogens is 1. The Kier molecular flexibility index (Phi) is 12.2. The van der Waals surface area contributed by atoms with E-state index >= 15 is 0 Å². The topological polar surface area (TPSA) is 66.0 Å². The highest BCUT2D eigenvalue weighted by atomic mass is 35.5. The van der Waals surface area contributed by atoms with E-state index in [-0.39, 0.29) is 6.61 Å². The first-order chi connectivity index (χ1) is 11.3. The van der Waals surface area contributed by atoms with Crippen molar-refractivity contribution < 1.29 is 23.7 Å². The maximum absolute atomic E-state index is 11.4. The van der Waals surface area contributed by atoms with Crippen molar-refractivity contribution in [3.63, 3.8) is 0 Å². The number of rotatable bonds is 13. The summed E-state index contributed by atoms with van der Waals surface area (Å²) in [5.41, 5.74) is 0.950. The van der Waals surface area contributed by atoms with E-state index in [0.717, 1.165) is 5.56 Å². The lowest BCUT2D eigenvalue weighted by molar-refractivity contribution is 0.0178. The van der Waals surface area contributed by atoms with E-state index in [4.69, 9.17) is 30.5 Å². The van der Waals surface area contributed by atoms with Crippen molar-refractivity contribution in [2.75, 3.05) is 52.1 Å². The summed E-state index contributed by atoms with van der Waals surface area (Å²) < 4.78 is 20.8. The molecule has 0 bridgehead atoms. The van der Waals surface area contributed by atoms with Crippen LogP contribution in [0, 0.1) is 0 Å². The molecule has 1 aromatic rings. The Hall–Kier alpha value is -1.34. The smallest absolute Gasteiger partial charge is 0.407 e. The third-order valence-corrected chi connectivity index (χ3v) is 2.85. The van der Waals surface area contributed by atoms with E-state index in [2.05, 4.69) is 5.32 Å². The van der Waals surface area contributed by atoms with Gasteiger partial charge < -0.3 is 24.3 Å². The van der Waals surface area contributed by atoms with E-state index in [1.165, 1.54) is 0 Å². The molecule has 0 aromatic heterocycles. The fourth-order valence-corrected chi connectivity index (χ4v) is 1.70. The molecule has 1 amide bonds. The zero-order chi connectivity index (χ0) is 16.6. The van der Waals surface area contributed by atoms with Gasteiger partial charge in [0.2, 0.25) is 0 Å². The van der Waals surface area contributed by atoms with Crippen LogP contribution < -0.4 is 5.32 Å². The number of ether oxygens (including phenoxy) is 4. The monoisotopic (exact) mass is 345 g/mol. The highest BCUT2D eigenvalue weighted by Gasteiger charge is 2.01. The molecule has 1 N–H and O–H groups in total. The van der Waals surface area contributed by atoms with Gasteiger partial charge in [0, 0.05) is 12.4 Å². The van der Waals surface area contributed by atoms with Crippen molar-refractivity contribution in [1.29, 1.82) is 0 Å².